The number of aromatic nitrogens is 3. The highest BCUT2D eigenvalue weighted by Crippen LogP contribution is 2.21. The molecule has 0 unspecified atom stereocenters. The summed E-state index contributed by atoms with van der Waals surface area (Å²) in [6.45, 7) is 13.5. The molecule has 0 bridgehead atoms. The predicted octanol–water partition coefficient (Wildman–Crippen LogP) is 2.70. The largest absolute Gasteiger partial charge is 0.344 e. The first-order chi connectivity index (χ1) is 15.5. The lowest BCUT2D eigenvalue weighted by Crippen LogP contribution is -2.47. The maximum Gasteiger partial charge on any atom is 0.243 e. The molecule has 2 rings (SSSR count). The van der Waals surface area contributed by atoms with E-state index in [1.165, 1.54) is 4.90 Å². The van der Waals surface area contributed by atoms with E-state index in [0.717, 1.165) is 6.42 Å². The van der Waals surface area contributed by atoms with E-state index in [9.17, 15) is 14.4 Å². The molecule has 9 nitrogen and oxygen atoms in total. The number of fused-ring (bicyclic) bond motifs is 1. The smallest absolute Gasteiger partial charge is 0.243 e. The van der Waals surface area contributed by atoms with Gasteiger partial charge in [0, 0.05) is 33.0 Å². The highest BCUT2D eigenvalue weighted by atomic mass is 16.2. The van der Waals surface area contributed by atoms with Crippen molar-refractivity contribution < 1.29 is 14.4 Å². The zero-order chi connectivity index (χ0) is 24.7. The lowest BCUT2D eigenvalue weighted by Gasteiger charge is -2.29. The number of carbonyl (C=O) groups excluding carboxylic acids is 3. The fourth-order valence-corrected chi connectivity index (χ4v) is 4.02. The fraction of sp³-hybridized carbons (Fsp3) is 0.792. The van der Waals surface area contributed by atoms with Crippen LogP contribution < -0.4 is 5.32 Å². The molecular formula is C24H42N6O3. The van der Waals surface area contributed by atoms with Crippen LogP contribution in [0.2, 0.25) is 0 Å². The minimum absolute atomic E-state index is 0.0938. The first-order valence-electron chi connectivity index (χ1n) is 12.2. The fourth-order valence-electron chi connectivity index (χ4n) is 4.02. The molecule has 0 fully saturated rings. The van der Waals surface area contributed by atoms with Crippen LogP contribution in [0.3, 0.4) is 0 Å². The van der Waals surface area contributed by atoms with Gasteiger partial charge in [-0.25, -0.2) is 9.67 Å². The molecule has 2 atom stereocenters. The minimum Gasteiger partial charge on any atom is -0.344 e. The number of likely N-dealkylation sites (N-methyl/N-ethyl adjacent to an activating group) is 1. The van der Waals surface area contributed by atoms with Crippen LogP contribution in [0, 0.1) is 18.8 Å². The van der Waals surface area contributed by atoms with Gasteiger partial charge in [-0.2, -0.15) is 5.10 Å². The third kappa shape index (κ3) is 7.82. The summed E-state index contributed by atoms with van der Waals surface area (Å²) in [5.41, 5.74) is 0. The normalized spacial score (nSPS) is 21.2. The Morgan fingerprint density at radius 3 is 2.45 bits per heavy atom. The third-order valence-electron chi connectivity index (χ3n) is 6.18. The monoisotopic (exact) mass is 462 g/mol. The van der Waals surface area contributed by atoms with Crippen molar-refractivity contribution in [2.24, 2.45) is 11.8 Å². The quantitative estimate of drug-likeness (QED) is 0.725. The molecule has 0 aromatic carbocycles. The van der Waals surface area contributed by atoms with Gasteiger partial charge in [-0.05, 0) is 44.9 Å². The Morgan fingerprint density at radius 1 is 1.12 bits per heavy atom. The van der Waals surface area contributed by atoms with Crippen LogP contribution in [-0.4, -0.2) is 68.5 Å². The number of carbonyl (C=O) groups is 3. The molecule has 0 radical (unpaired) electrons. The van der Waals surface area contributed by atoms with Crippen molar-refractivity contribution in [2.45, 2.75) is 92.3 Å². The standard InChI is InChI=1S/C24H42N6O3/c1-16(2)10-11-22(32)29-12-8-9-21(31)28(7)18(5)24(33)26-20(15-17(3)4)23-25-19(6)27-30(23)14-13-29/h16-18,20H,8-15H2,1-7H3,(H,26,33)/t18-,20+/m0/s1. The molecule has 0 saturated carbocycles. The van der Waals surface area contributed by atoms with Crippen LogP contribution in [0.4, 0.5) is 0 Å². The van der Waals surface area contributed by atoms with Gasteiger partial charge in [-0.3, -0.25) is 14.4 Å². The summed E-state index contributed by atoms with van der Waals surface area (Å²) >= 11 is 0. The van der Waals surface area contributed by atoms with Gasteiger partial charge in [-0.1, -0.05) is 27.7 Å². The Labute approximate surface area is 198 Å². The number of rotatable bonds is 5. The molecule has 1 aromatic heterocycles. The van der Waals surface area contributed by atoms with Crippen molar-refractivity contribution in [1.82, 2.24) is 29.9 Å². The molecule has 2 heterocycles. The summed E-state index contributed by atoms with van der Waals surface area (Å²) < 4.78 is 1.83. The molecule has 0 aliphatic carbocycles. The summed E-state index contributed by atoms with van der Waals surface area (Å²) in [6.07, 6.45) is 2.89. The zero-order valence-corrected chi connectivity index (χ0v) is 21.4. The number of nitrogens with zero attached hydrogens (tertiary/aromatic N) is 5. The average molecular weight is 463 g/mol. The van der Waals surface area contributed by atoms with E-state index in [0.29, 0.717) is 68.8 Å². The number of hydrogen-bond acceptors (Lipinski definition) is 5. The second-order valence-corrected chi connectivity index (χ2v) is 10.0. The molecule has 1 aliphatic rings. The first-order valence-corrected chi connectivity index (χ1v) is 12.2. The van der Waals surface area contributed by atoms with Crippen molar-refractivity contribution in [3.8, 4) is 0 Å². The second kappa shape index (κ2) is 12.1. The lowest BCUT2D eigenvalue weighted by molar-refractivity contribution is -0.139. The highest BCUT2D eigenvalue weighted by Gasteiger charge is 2.29. The summed E-state index contributed by atoms with van der Waals surface area (Å²) in [5, 5.41) is 7.67. The SMILES string of the molecule is Cc1nc2n(n1)CCN(C(=O)CCC(C)C)CCCC(=O)N(C)[C@@H](C)C(=O)N[C@@H]2CC(C)C. The third-order valence-corrected chi connectivity index (χ3v) is 6.18. The number of nitrogens with one attached hydrogen (secondary N) is 1. The van der Waals surface area contributed by atoms with Crippen molar-refractivity contribution >= 4 is 17.7 Å². The van der Waals surface area contributed by atoms with Crippen LogP contribution in [0.5, 0.6) is 0 Å². The summed E-state index contributed by atoms with van der Waals surface area (Å²) in [4.78, 5) is 46.6. The van der Waals surface area contributed by atoms with Crippen molar-refractivity contribution in [3.05, 3.63) is 11.6 Å². The highest BCUT2D eigenvalue weighted by molar-refractivity contribution is 5.87. The van der Waals surface area contributed by atoms with Gasteiger partial charge in [0.2, 0.25) is 17.7 Å². The van der Waals surface area contributed by atoms with Crippen LogP contribution in [0.25, 0.3) is 0 Å². The van der Waals surface area contributed by atoms with Crippen LogP contribution in [0.1, 0.15) is 84.4 Å². The molecule has 33 heavy (non-hydrogen) atoms. The van der Waals surface area contributed by atoms with E-state index in [-0.39, 0.29) is 23.8 Å². The Kier molecular flexibility index (Phi) is 9.86. The molecule has 0 spiro atoms. The average Bonchev–Trinajstić information content (AvgIpc) is 3.11. The van der Waals surface area contributed by atoms with Gasteiger partial charge in [0.25, 0.3) is 0 Å². The molecular weight excluding hydrogens is 420 g/mol. The van der Waals surface area contributed by atoms with Gasteiger partial charge in [0.15, 0.2) is 0 Å². The Hall–Kier alpha value is -2.45. The summed E-state index contributed by atoms with van der Waals surface area (Å²) in [7, 11) is 1.66. The molecule has 1 N–H and O–H groups in total. The van der Waals surface area contributed by atoms with E-state index in [1.807, 2.05) is 16.5 Å². The molecule has 3 amide bonds. The van der Waals surface area contributed by atoms with Crippen LogP contribution in [-0.2, 0) is 20.9 Å². The molecule has 1 aliphatic heterocycles. The van der Waals surface area contributed by atoms with E-state index in [1.54, 1.807) is 14.0 Å². The summed E-state index contributed by atoms with van der Waals surface area (Å²) in [5.74, 6) is 1.92. The maximum atomic E-state index is 13.0. The molecule has 9 heteroatoms. The van der Waals surface area contributed by atoms with Gasteiger partial charge in [0.1, 0.15) is 17.7 Å². The maximum absolute atomic E-state index is 13.0. The molecule has 0 saturated heterocycles. The van der Waals surface area contributed by atoms with E-state index < -0.39 is 6.04 Å². The van der Waals surface area contributed by atoms with E-state index >= 15 is 0 Å². The van der Waals surface area contributed by atoms with Gasteiger partial charge < -0.3 is 15.1 Å². The summed E-state index contributed by atoms with van der Waals surface area (Å²) in [6, 6.07) is -0.922. The van der Waals surface area contributed by atoms with Crippen molar-refractivity contribution in [2.75, 3.05) is 20.1 Å². The van der Waals surface area contributed by atoms with E-state index in [4.69, 9.17) is 0 Å². The molecule has 1 aromatic rings. The first kappa shape index (κ1) is 26.8. The predicted molar refractivity (Wildman–Crippen MR) is 127 cm³/mol. The Bertz CT molecular complexity index is 819. The van der Waals surface area contributed by atoms with Gasteiger partial charge >= 0.3 is 0 Å². The zero-order valence-electron chi connectivity index (χ0n) is 21.4. The van der Waals surface area contributed by atoms with Crippen LogP contribution >= 0.6 is 0 Å². The molecule has 186 valence electrons. The van der Waals surface area contributed by atoms with Crippen LogP contribution in [0.15, 0.2) is 0 Å². The number of amides is 3. The Balaban J connectivity index is 2.36. The Morgan fingerprint density at radius 2 is 1.82 bits per heavy atom. The lowest BCUT2D eigenvalue weighted by atomic mass is 10.0. The van der Waals surface area contributed by atoms with Gasteiger partial charge in [0.05, 0.1) is 12.6 Å². The second-order valence-electron chi connectivity index (χ2n) is 10.0. The number of aryl methyl sites for hydroxylation is 1. The number of hydrogen-bond donors (Lipinski definition) is 1. The van der Waals surface area contributed by atoms with Crippen molar-refractivity contribution in [3.63, 3.8) is 0 Å². The minimum atomic E-state index is -0.601. The van der Waals surface area contributed by atoms with Gasteiger partial charge in [-0.15, -0.1) is 0 Å². The topological polar surface area (TPSA) is 100 Å². The van der Waals surface area contributed by atoms with E-state index in [2.05, 4.69) is 43.1 Å². The van der Waals surface area contributed by atoms with Crippen molar-refractivity contribution in [1.29, 1.82) is 0 Å².